The summed E-state index contributed by atoms with van der Waals surface area (Å²) in [6, 6.07) is 10.4. The van der Waals surface area contributed by atoms with E-state index in [1.54, 1.807) is 0 Å². The molecule has 0 saturated carbocycles. The summed E-state index contributed by atoms with van der Waals surface area (Å²) in [4.78, 5) is 4.49. The predicted molar refractivity (Wildman–Crippen MR) is 92.6 cm³/mol. The summed E-state index contributed by atoms with van der Waals surface area (Å²) < 4.78 is 4.07. The Balaban J connectivity index is 1.47. The molecular weight excluding hydrogens is 298 g/mol. The molecule has 2 heterocycles. The van der Waals surface area contributed by atoms with E-state index >= 15 is 0 Å². The van der Waals surface area contributed by atoms with Gasteiger partial charge in [-0.15, -0.1) is 5.10 Å². The molecule has 0 N–H and O–H groups in total. The second kappa shape index (κ2) is 6.83. The van der Waals surface area contributed by atoms with Crippen LogP contribution in [0.25, 0.3) is 0 Å². The van der Waals surface area contributed by atoms with E-state index in [0.29, 0.717) is 12.5 Å². The van der Waals surface area contributed by atoms with E-state index in [1.807, 2.05) is 23.1 Å². The molecule has 1 aromatic carbocycles. The monoisotopic (exact) mass is 319 g/mol. The van der Waals surface area contributed by atoms with Crippen LogP contribution in [0.2, 0.25) is 0 Å². The number of benzene rings is 1. The van der Waals surface area contributed by atoms with Crippen molar-refractivity contribution in [3.8, 4) is 0 Å². The standard InChI is InChI=1S/C19H21N5/c1-3-7-16(8-4-1)13-23-12-11-20-19(23)15-24-14-18(21-22-24)17-9-5-2-6-10-17/h1-5,7-8,11-12,14,17H,6,9-10,13,15H2/t17-/m1/s1. The average molecular weight is 319 g/mol. The van der Waals surface area contributed by atoms with E-state index in [-0.39, 0.29) is 0 Å². The summed E-state index contributed by atoms with van der Waals surface area (Å²) in [6.45, 7) is 1.47. The smallest absolute Gasteiger partial charge is 0.130 e. The molecule has 0 saturated heterocycles. The number of rotatable bonds is 5. The summed E-state index contributed by atoms with van der Waals surface area (Å²) in [5, 5.41) is 8.68. The van der Waals surface area contributed by atoms with Gasteiger partial charge >= 0.3 is 0 Å². The molecule has 122 valence electrons. The highest BCUT2D eigenvalue weighted by molar-refractivity contribution is 5.16. The van der Waals surface area contributed by atoms with Gasteiger partial charge in [0, 0.05) is 31.1 Å². The van der Waals surface area contributed by atoms with Crippen molar-refractivity contribution in [1.29, 1.82) is 0 Å². The fourth-order valence-corrected chi connectivity index (χ4v) is 3.20. The molecule has 5 heteroatoms. The second-order valence-corrected chi connectivity index (χ2v) is 6.28. The first-order chi connectivity index (χ1) is 11.9. The normalized spacial score (nSPS) is 17.2. The van der Waals surface area contributed by atoms with Crippen LogP contribution in [0, 0.1) is 0 Å². The van der Waals surface area contributed by atoms with E-state index < -0.39 is 0 Å². The fraction of sp³-hybridized carbons (Fsp3) is 0.316. The molecule has 24 heavy (non-hydrogen) atoms. The molecule has 0 radical (unpaired) electrons. The van der Waals surface area contributed by atoms with Gasteiger partial charge in [0.2, 0.25) is 0 Å². The van der Waals surface area contributed by atoms with Crippen LogP contribution in [-0.4, -0.2) is 24.5 Å². The van der Waals surface area contributed by atoms with Crippen molar-refractivity contribution in [3.63, 3.8) is 0 Å². The Morgan fingerprint density at radius 3 is 2.83 bits per heavy atom. The topological polar surface area (TPSA) is 48.5 Å². The molecular formula is C19H21N5. The van der Waals surface area contributed by atoms with Gasteiger partial charge in [-0.25, -0.2) is 9.67 Å². The number of nitrogens with zero attached hydrogens (tertiary/aromatic N) is 5. The van der Waals surface area contributed by atoms with Gasteiger partial charge in [-0.05, 0) is 24.8 Å². The van der Waals surface area contributed by atoms with Crippen molar-refractivity contribution < 1.29 is 0 Å². The zero-order chi connectivity index (χ0) is 16.2. The van der Waals surface area contributed by atoms with E-state index in [2.05, 4.69) is 62.5 Å². The molecule has 5 nitrogen and oxygen atoms in total. The molecule has 1 aliphatic rings. The van der Waals surface area contributed by atoms with Crippen LogP contribution in [0.1, 0.15) is 42.3 Å². The molecule has 3 aromatic rings. The third-order valence-electron chi connectivity index (χ3n) is 4.54. The Morgan fingerprint density at radius 2 is 2.00 bits per heavy atom. The highest BCUT2D eigenvalue weighted by Gasteiger charge is 2.16. The molecule has 0 bridgehead atoms. The summed E-state index contributed by atoms with van der Waals surface area (Å²) in [5.41, 5.74) is 2.37. The lowest BCUT2D eigenvalue weighted by atomic mass is 9.92. The minimum absolute atomic E-state index is 0.507. The van der Waals surface area contributed by atoms with E-state index in [4.69, 9.17) is 0 Å². The summed E-state index contributed by atoms with van der Waals surface area (Å²) in [6.07, 6.45) is 13.8. The van der Waals surface area contributed by atoms with Gasteiger partial charge < -0.3 is 4.57 Å². The van der Waals surface area contributed by atoms with Gasteiger partial charge in [-0.1, -0.05) is 47.7 Å². The summed E-state index contributed by atoms with van der Waals surface area (Å²) in [7, 11) is 0. The summed E-state index contributed by atoms with van der Waals surface area (Å²) >= 11 is 0. The quantitative estimate of drug-likeness (QED) is 0.677. The van der Waals surface area contributed by atoms with Crippen LogP contribution in [-0.2, 0) is 13.1 Å². The molecule has 1 atom stereocenters. The van der Waals surface area contributed by atoms with Crippen molar-refractivity contribution in [2.24, 2.45) is 0 Å². The molecule has 0 aliphatic heterocycles. The minimum Gasteiger partial charge on any atom is -0.329 e. The Hall–Kier alpha value is -2.69. The Bertz CT molecular complexity index is 815. The van der Waals surface area contributed by atoms with Crippen LogP contribution in [0.15, 0.2) is 61.1 Å². The van der Waals surface area contributed by atoms with Crippen LogP contribution < -0.4 is 0 Å². The highest BCUT2D eigenvalue weighted by Crippen LogP contribution is 2.27. The van der Waals surface area contributed by atoms with Crippen LogP contribution >= 0.6 is 0 Å². The zero-order valence-corrected chi connectivity index (χ0v) is 13.6. The van der Waals surface area contributed by atoms with Gasteiger partial charge in [0.05, 0.1) is 5.69 Å². The van der Waals surface area contributed by atoms with E-state index in [0.717, 1.165) is 37.3 Å². The van der Waals surface area contributed by atoms with E-state index in [9.17, 15) is 0 Å². The largest absolute Gasteiger partial charge is 0.329 e. The fourth-order valence-electron chi connectivity index (χ4n) is 3.20. The van der Waals surface area contributed by atoms with Crippen LogP contribution in [0.4, 0.5) is 0 Å². The van der Waals surface area contributed by atoms with Crippen molar-refractivity contribution in [3.05, 3.63) is 78.2 Å². The van der Waals surface area contributed by atoms with Crippen molar-refractivity contribution in [2.75, 3.05) is 0 Å². The highest BCUT2D eigenvalue weighted by atomic mass is 15.4. The number of hydrogen-bond acceptors (Lipinski definition) is 3. The predicted octanol–water partition coefficient (Wildman–Crippen LogP) is 3.39. The van der Waals surface area contributed by atoms with Gasteiger partial charge in [0.25, 0.3) is 0 Å². The molecule has 0 unspecified atom stereocenters. The van der Waals surface area contributed by atoms with Gasteiger partial charge in [0.15, 0.2) is 0 Å². The second-order valence-electron chi connectivity index (χ2n) is 6.28. The number of imidazole rings is 1. The van der Waals surface area contributed by atoms with Crippen LogP contribution in [0.5, 0.6) is 0 Å². The summed E-state index contributed by atoms with van der Waals surface area (Å²) in [5.74, 6) is 1.51. The molecule has 1 aliphatic carbocycles. The maximum absolute atomic E-state index is 4.49. The Kier molecular flexibility index (Phi) is 4.23. The van der Waals surface area contributed by atoms with Gasteiger partial charge in [-0.2, -0.15) is 0 Å². The maximum Gasteiger partial charge on any atom is 0.130 e. The third kappa shape index (κ3) is 3.30. The molecule has 0 spiro atoms. The third-order valence-corrected chi connectivity index (χ3v) is 4.54. The Morgan fingerprint density at radius 1 is 1.08 bits per heavy atom. The molecule has 4 rings (SSSR count). The maximum atomic E-state index is 4.49. The van der Waals surface area contributed by atoms with Crippen molar-refractivity contribution in [2.45, 2.75) is 38.3 Å². The van der Waals surface area contributed by atoms with Gasteiger partial charge in [-0.3, -0.25) is 0 Å². The zero-order valence-electron chi connectivity index (χ0n) is 13.6. The van der Waals surface area contributed by atoms with E-state index in [1.165, 1.54) is 5.56 Å². The first-order valence-corrected chi connectivity index (χ1v) is 8.47. The lowest BCUT2D eigenvalue weighted by Gasteiger charge is -2.14. The number of allylic oxidation sites excluding steroid dienone is 2. The molecule has 0 fully saturated rings. The minimum atomic E-state index is 0.507. The van der Waals surface area contributed by atoms with Gasteiger partial charge in [0.1, 0.15) is 12.4 Å². The first kappa shape index (κ1) is 14.9. The molecule has 2 aromatic heterocycles. The average Bonchev–Trinajstić information content (AvgIpc) is 3.27. The number of hydrogen-bond donors (Lipinski definition) is 0. The first-order valence-electron chi connectivity index (χ1n) is 8.47. The number of aromatic nitrogens is 5. The van der Waals surface area contributed by atoms with Crippen molar-refractivity contribution in [1.82, 2.24) is 24.5 Å². The lowest BCUT2D eigenvalue weighted by molar-refractivity contribution is 0.590. The SMILES string of the molecule is C1=CC[C@@H](c2cn(Cc3nccn3Cc3ccccc3)nn2)CC1. The lowest BCUT2D eigenvalue weighted by Crippen LogP contribution is -2.10. The Labute approximate surface area is 141 Å². The van der Waals surface area contributed by atoms with Crippen molar-refractivity contribution >= 4 is 0 Å². The van der Waals surface area contributed by atoms with Crippen LogP contribution in [0.3, 0.4) is 0 Å². The molecule has 0 amide bonds.